The molecule has 0 fully saturated rings. The number of rotatable bonds is 6. The molecule has 6 heteroatoms. The molecule has 0 saturated heterocycles. The fourth-order valence-corrected chi connectivity index (χ4v) is 3.35. The first-order valence-electron chi connectivity index (χ1n) is 6.32. The van der Waals surface area contributed by atoms with Crippen molar-refractivity contribution in [3.8, 4) is 0 Å². The van der Waals surface area contributed by atoms with Crippen molar-refractivity contribution in [1.29, 1.82) is 0 Å². The van der Waals surface area contributed by atoms with E-state index in [0.717, 1.165) is 35.2 Å². The SMILES string of the molecule is CN(CCC(N)c1ccc(Br)cc1Cl)Cc1cscn1. The van der Waals surface area contributed by atoms with E-state index in [-0.39, 0.29) is 6.04 Å². The van der Waals surface area contributed by atoms with Crippen LogP contribution < -0.4 is 5.73 Å². The third kappa shape index (κ3) is 4.53. The van der Waals surface area contributed by atoms with Crippen LogP contribution in [0.5, 0.6) is 0 Å². The van der Waals surface area contributed by atoms with E-state index in [9.17, 15) is 0 Å². The van der Waals surface area contributed by atoms with Gasteiger partial charge < -0.3 is 10.6 Å². The number of nitrogens with zero attached hydrogens (tertiary/aromatic N) is 2. The minimum Gasteiger partial charge on any atom is -0.324 e. The zero-order valence-corrected chi connectivity index (χ0v) is 14.4. The fraction of sp³-hybridized carbons (Fsp3) is 0.357. The lowest BCUT2D eigenvalue weighted by Crippen LogP contribution is -2.23. The molecule has 1 unspecified atom stereocenters. The zero-order chi connectivity index (χ0) is 14.5. The largest absolute Gasteiger partial charge is 0.324 e. The number of nitrogens with two attached hydrogens (primary N) is 1. The van der Waals surface area contributed by atoms with E-state index in [2.05, 4.69) is 38.2 Å². The van der Waals surface area contributed by atoms with Gasteiger partial charge in [-0.15, -0.1) is 11.3 Å². The highest BCUT2D eigenvalue weighted by molar-refractivity contribution is 9.10. The van der Waals surface area contributed by atoms with Crippen molar-refractivity contribution < 1.29 is 0 Å². The first-order chi connectivity index (χ1) is 9.56. The van der Waals surface area contributed by atoms with Gasteiger partial charge in [0.15, 0.2) is 0 Å². The van der Waals surface area contributed by atoms with E-state index >= 15 is 0 Å². The van der Waals surface area contributed by atoms with Crippen LogP contribution in [0.25, 0.3) is 0 Å². The summed E-state index contributed by atoms with van der Waals surface area (Å²) in [4.78, 5) is 6.51. The van der Waals surface area contributed by atoms with Gasteiger partial charge >= 0.3 is 0 Å². The maximum atomic E-state index is 6.23. The number of hydrogen-bond acceptors (Lipinski definition) is 4. The van der Waals surface area contributed by atoms with Crippen LogP contribution in [0.15, 0.2) is 33.6 Å². The Morgan fingerprint density at radius 3 is 2.95 bits per heavy atom. The molecular formula is C14H17BrClN3S. The van der Waals surface area contributed by atoms with Crippen molar-refractivity contribution in [1.82, 2.24) is 9.88 Å². The Labute approximate surface area is 136 Å². The van der Waals surface area contributed by atoms with E-state index in [1.165, 1.54) is 0 Å². The van der Waals surface area contributed by atoms with Crippen molar-refractivity contribution >= 4 is 38.9 Å². The zero-order valence-electron chi connectivity index (χ0n) is 11.2. The topological polar surface area (TPSA) is 42.1 Å². The van der Waals surface area contributed by atoms with Crippen LogP contribution in [-0.4, -0.2) is 23.5 Å². The van der Waals surface area contributed by atoms with Crippen LogP contribution in [-0.2, 0) is 6.54 Å². The summed E-state index contributed by atoms with van der Waals surface area (Å²) < 4.78 is 0.971. The van der Waals surface area contributed by atoms with Gasteiger partial charge in [0, 0.05) is 34.0 Å². The fourth-order valence-electron chi connectivity index (χ4n) is 1.99. The maximum absolute atomic E-state index is 6.23. The molecule has 0 aliphatic rings. The van der Waals surface area contributed by atoms with E-state index in [4.69, 9.17) is 17.3 Å². The number of benzene rings is 1. The molecule has 108 valence electrons. The number of aromatic nitrogens is 1. The lowest BCUT2D eigenvalue weighted by molar-refractivity contribution is 0.308. The Hall–Kier alpha value is -0.460. The molecule has 0 amide bonds. The number of halogens is 2. The highest BCUT2D eigenvalue weighted by Gasteiger charge is 2.12. The molecule has 3 nitrogen and oxygen atoms in total. The lowest BCUT2D eigenvalue weighted by Gasteiger charge is -2.19. The van der Waals surface area contributed by atoms with E-state index < -0.39 is 0 Å². The van der Waals surface area contributed by atoms with Crippen molar-refractivity contribution in [3.63, 3.8) is 0 Å². The molecule has 1 aromatic heterocycles. The number of thiazole rings is 1. The van der Waals surface area contributed by atoms with Gasteiger partial charge in [-0.1, -0.05) is 33.6 Å². The summed E-state index contributed by atoms with van der Waals surface area (Å²) in [6.07, 6.45) is 0.863. The summed E-state index contributed by atoms with van der Waals surface area (Å²) in [5, 5.41) is 2.79. The highest BCUT2D eigenvalue weighted by atomic mass is 79.9. The van der Waals surface area contributed by atoms with Gasteiger partial charge in [-0.25, -0.2) is 4.98 Å². The highest BCUT2D eigenvalue weighted by Crippen LogP contribution is 2.27. The van der Waals surface area contributed by atoms with Crippen molar-refractivity contribution in [2.24, 2.45) is 5.73 Å². The Morgan fingerprint density at radius 1 is 1.50 bits per heavy atom. The summed E-state index contributed by atoms with van der Waals surface area (Å²) in [7, 11) is 2.08. The normalized spacial score (nSPS) is 12.8. The predicted octanol–water partition coefficient (Wildman–Crippen LogP) is 4.08. The monoisotopic (exact) mass is 373 g/mol. The Morgan fingerprint density at radius 2 is 2.30 bits per heavy atom. The Balaban J connectivity index is 1.86. The molecule has 1 aromatic carbocycles. The van der Waals surface area contributed by atoms with E-state index in [0.29, 0.717) is 5.02 Å². The van der Waals surface area contributed by atoms with E-state index in [1.807, 2.05) is 23.7 Å². The maximum Gasteiger partial charge on any atom is 0.0795 e. The van der Waals surface area contributed by atoms with Gasteiger partial charge in [0.1, 0.15) is 0 Å². The quantitative estimate of drug-likeness (QED) is 0.828. The molecule has 2 rings (SSSR count). The van der Waals surface area contributed by atoms with Gasteiger partial charge in [-0.05, 0) is 31.2 Å². The van der Waals surface area contributed by atoms with Gasteiger partial charge in [-0.3, -0.25) is 0 Å². The molecule has 20 heavy (non-hydrogen) atoms. The molecule has 0 spiro atoms. The molecule has 2 aromatic rings. The lowest BCUT2D eigenvalue weighted by atomic mass is 10.0. The molecule has 0 bridgehead atoms. The first kappa shape index (κ1) is 15.9. The average molecular weight is 375 g/mol. The summed E-state index contributed by atoms with van der Waals surface area (Å²) >= 11 is 11.2. The summed E-state index contributed by atoms with van der Waals surface area (Å²) in [5.41, 5.74) is 10.2. The number of hydrogen-bond donors (Lipinski definition) is 1. The molecule has 0 aliphatic carbocycles. The smallest absolute Gasteiger partial charge is 0.0795 e. The van der Waals surface area contributed by atoms with Gasteiger partial charge in [0.2, 0.25) is 0 Å². The van der Waals surface area contributed by atoms with Crippen molar-refractivity contribution in [3.05, 3.63) is 49.8 Å². The molecule has 1 atom stereocenters. The third-order valence-corrected chi connectivity index (χ3v) is 4.56. The summed E-state index contributed by atoms with van der Waals surface area (Å²) in [6, 6.07) is 5.79. The molecular weight excluding hydrogens is 358 g/mol. The van der Waals surface area contributed by atoms with Gasteiger partial charge in [0.25, 0.3) is 0 Å². The summed E-state index contributed by atoms with van der Waals surface area (Å²) in [5.74, 6) is 0. The van der Waals surface area contributed by atoms with Crippen LogP contribution >= 0.6 is 38.9 Å². The second-order valence-electron chi connectivity index (χ2n) is 4.78. The van der Waals surface area contributed by atoms with Crippen LogP contribution in [0.1, 0.15) is 23.7 Å². The summed E-state index contributed by atoms with van der Waals surface area (Å²) in [6.45, 7) is 1.76. The van der Waals surface area contributed by atoms with Crippen molar-refractivity contribution in [2.75, 3.05) is 13.6 Å². The molecule has 0 saturated carbocycles. The van der Waals surface area contributed by atoms with Crippen LogP contribution in [0.3, 0.4) is 0 Å². The standard InChI is InChI=1S/C14H17BrClN3S/c1-19(7-11-8-20-9-18-11)5-4-14(17)12-3-2-10(15)6-13(12)16/h2-3,6,8-9,14H,4-5,7,17H2,1H3. The second kappa shape index (κ2) is 7.52. The third-order valence-electron chi connectivity index (χ3n) is 3.10. The second-order valence-corrected chi connectivity index (χ2v) is 6.82. The Bertz CT molecular complexity index is 547. The minimum atomic E-state index is -0.0477. The minimum absolute atomic E-state index is 0.0477. The van der Waals surface area contributed by atoms with Crippen LogP contribution in [0, 0.1) is 0 Å². The van der Waals surface area contributed by atoms with E-state index in [1.54, 1.807) is 11.3 Å². The Kier molecular flexibility index (Phi) is 5.99. The molecule has 2 N–H and O–H groups in total. The first-order valence-corrected chi connectivity index (χ1v) is 8.44. The molecule has 1 heterocycles. The molecule has 0 aliphatic heterocycles. The predicted molar refractivity (Wildman–Crippen MR) is 89.1 cm³/mol. The average Bonchev–Trinajstić information content (AvgIpc) is 2.89. The van der Waals surface area contributed by atoms with Gasteiger partial charge in [-0.2, -0.15) is 0 Å². The van der Waals surface area contributed by atoms with Crippen LogP contribution in [0.4, 0.5) is 0 Å². The van der Waals surface area contributed by atoms with Crippen molar-refractivity contribution in [2.45, 2.75) is 19.0 Å². The van der Waals surface area contributed by atoms with Gasteiger partial charge in [0.05, 0.1) is 11.2 Å². The molecule has 0 radical (unpaired) electrons. The van der Waals surface area contributed by atoms with Crippen LogP contribution in [0.2, 0.25) is 5.02 Å².